The molecule has 0 aliphatic carbocycles. The summed E-state index contributed by atoms with van der Waals surface area (Å²) >= 11 is 0. The first-order valence-electron chi connectivity index (χ1n) is 8.67. The van der Waals surface area contributed by atoms with Crippen molar-refractivity contribution in [2.24, 2.45) is 0 Å². The van der Waals surface area contributed by atoms with Crippen LogP contribution in [0.25, 0.3) is 0 Å². The van der Waals surface area contributed by atoms with Gasteiger partial charge in [0.2, 0.25) is 15.9 Å². The number of benzene rings is 2. The Labute approximate surface area is 155 Å². The summed E-state index contributed by atoms with van der Waals surface area (Å²) in [6, 6.07) is 13.3. The molecule has 2 aromatic rings. The highest BCUT2D eigenvalue weighted by Gasteiger charge is 2.16. The van der Waals surface area contributed by atoms with E-state index in [2.05, 4.69) is 16.1 Å². The van der Waals surface area contributed by atoms with E-state index in [1.807, 2.05) is 38.1 Å². The van der Waals surface area contributed by atoms with Crippen molar-refractivity contribution in [2.75, 3.05) is 13.1 Å². The maximum atomic E-state index is 12.3. The quantitative estimate of drug-likeness (QED) is 0.746. The molecule has 0 saturated carbocycles. The molecule has 2 rings (SSSR count). The third kappa shape index (κ3) is 5.97. The molecule has 1 amide bonds. The summed E-state index contributed by atoms with van der Waals surface area (Å²) in [6.07, 6.45) is 0.861. The average Bonchev–Trinajstić information content (AvgIpc) is 2.54. The zero-order valence-electron chi connectivity index (χ0n) is 15.5. The van der Waals surface area contributed by atoms with Gasteiger partial charge < -0.3 is 5.32 Å². The highest BCUT2D eigenvalue weighted by molar-refractivity contribution is 7.89. The minimum Gasteiger partial charge on any atom is -0.356 e. The van der Waals surface area contributed by atoms with Crippen LogP contribution in [0, 0.1) is 20.8 Å². The SMILES string of the molecule is Cc1cccc(CCNC(=O)CCNS(=O)(=O)c2ccc(C)cc2C)c1. The predicted molar refractivity (Wildman–Crippen MR) is 104 cm³/mol. The van der Waals surface area contributed by atoms with E-state index < -0.39 is 10.0 Å². The first kappa shape index (κ1) is 20.1. The zero-order valence-corrected chi connectivity index (χ0v) is 16.3. The molecular weight excluding hydrogens is 348 g/mol. The third-order valence-electron chi connectivity index (χ3n) is 4.08. The van der Waals surface area contributed by atoms with Gasteiger partial charge in [-0.2, -0.15) is 0 Å². The number of rotatable bonds is 8. The third-order valence-corrected chi connectivity index (χ3v) is 5.70. The van der Waals surface area contributed by atoms with E-state index in [9.17, 15) is 13.2 Å². The summed E-state index contributed by atoms with van der Waals surface area (Å²) in [4.78, 5) is 12.1. The van der Waals surface area contributed by atoms with Crippen molar-refractivity contribution < 1.29 is 13.2 Å². The van der Waals surface area contributed by atoms with Gasteiger partial charge in [-0.3, -0.25) is 4.79 Å². The number of hydrogen-bond acceptors (Lipinski definition) is 3. The maximum absolute atomic E-state index is 12.3. The highest BCUT2D eigenvalue weighted by Crippen LogP contribution is 2.16. The molecule has 0 aliphatic rings. The van der Waals surface area contributed by atoms with Crippen molar-refractivity contribution in [1.29, 1.82) is 0 Å². The number of amides is 1. The van der Waals surface area contributed by atoms with Gasteiger partial charge in [0.05, 0.1) is 4.90 Å². The Kier molecular flexibility index (Phi) is 6.94. The molecule has 6 heteroatoms. The molecule has 26 heavy (non-hydrogen) atoms. The molecule has 0 unspecified atom stereocenters. The monoisotopic (exact) mass is 374 g/mol. The Morgan fingerprint density at radius 1 is 0.962 bits per heavy atom. The number of nitrogens with one attached hydrogen (secondary N) is 2. The first-order chi connectivity index (χ1) is 12.3. The lowest BCUT2D eigenvalue weighted by Crippen LogP contribution is -2.32. The van der Waals surface area contributed by atoms with Gasteiger partial charge in [-0.15, -0.1) is 0 Å². The van der Waals surface area contributed by atoms with Crippen LogP contribution in [0.15, 0.2) is 47.4 Å². The van der Waals surface area contributed by atoms with Crippen molar-refractivity contribution in [3.63, 3.8) is 0 Å². The highest BCUT2D eigenvalue weighted by atomic mass is 32.2. The van der Waals surface area contributed by atoms with Crippen LogP contribution < -0.4 is 10.0 Å². The van der Waals surface area contributed by atoms with E-state index in [1.54, 1.807) is 19.1 Å². The van der Waals surface area contributed by atoms with Crippen LogP contribution in [0.2, 0.25) is 0 Å². The minimum atomic E-state index is -3.60. The molecule has 0 saturated heterocycles. The summed E-state index contributed by atoms with van der Waals surface area (Å²) in [5.74, 6) is -0.166. The van der Waals surface area contributed by atoms with Crippen molar-refractivity contribution in [3.05, 3.63) is 64.7 Å². The molecule has 140 valence electrons. The smallest absolute Gasteiger partial charge is 0.240 e. The second-order valence-corrected chi connectivity index (χ2v) is 8.24. The molecule has 0 atom stereocenters. The van der Waals surface area contributed by atoms with Gasteiger partial charge in [-0.05, 0) is 44.4 Å². The molecule has 2 aromatic carbocycles. The Hall–Kier alpha value is -2.18. The van der Waals surface area contributed by atoms with Gasteiger partial charge in [-0.25, -0.2) is 13.1 Å². The molecule has 5 nitrogen and oxygen atoms in total. The molecule has 0 bridgehead atoms. The van der Waals surface area contributed by atoms with Crippen molar-refractivity contribution in [3.8, 4) is 0 Å². The fraction of sp³-hybridized carbons (Fsp3) is 0.350. The summed E-state index contributed by atoms with van der Waals surface area (Å²) < 4.78 is 27.2. The normalized spacial score (nSPS) is 11.3. The molecule has 0 heterocycles. The summed E-state index contributed by atoms with van der Waals surface area (Å²) in [6.45, 7) is 6.32. The second-order valence-electron chi connectivity index (χ2n) is 6.51. The Morgan fingerprint density at radius 2 is 1.69 bits per heavy atom. The molecule has 0 aliphatic heterocycles. The van der Waals surface area contributed by atoms with E-state index in [0.29, 0.717) is 12.1 Å². The van der Waals surface area contributed by atoms with Crippen LogP contribution in [0.5, 0.6) is 0 Å². The number of carbonyl (C=O) groups excluding carboxylic acids is 1. The van der Waals surface area contributed by atoms with Crippen molar-refractivity contribution >= 4 is 15.9 Å². The largest absolute Gasteiger partial charge is 0.356 e. The molecule has 0 aromatic heterocycles. The van der Waals surface area contributed by atoms with Crippen molar-refractivity contribution in [1.82, 2.24) is 10.0 Å². The first-order valence-corrected chi connectivity index (χ1v) is 10.2. The lowest BCUT2D eigenvalue weighted by atomic mass is 10.1. The summed E-state index contributed by atoms with van der Waals surface area (Å²) in [5, 5.41) is 2.82. The predicted octanol–water partition coefficient (Wildman–Crippen LogP) is 2.64. The van der Waals surface area contributed by atoms with Crippen molar-refractivity contribution in [2.45, 2.75) is 38.5 Å². The minimum absolute atomic E-state index is 0.0753. The van der Waals surface area contributed by atoms with E-state index in [1.165, 1.54) is 11.1 Å². The van der Waals surface area contributed by atoms with Crippen LogP contribution in [-0.2, 0) is 21.2 Å². The van der Waals surface area contributed by atoms with Gasteiger partial charge in [0.1, 0.15) is 0 Å². The molecule has 0 spiro atoms. The number of aryl methyl sites for hydroxylation is 3. The van der Waals surface area contributed by atoms with E-state index in [4.69, 9.17) is 0 Å². The number of hydrogen-bond donors (Lipinski definition) is 2. The van der Waals surface area contributed by atoms with Gasteiger partial charge in [0.25, 0.3) is 0 Å². The number of carbonyl (C=O) groups is 1. The maximum Gasteiger partial charge on any atom is 0.240 e. The van der Waals surface area contributed by atoms with E-state index in [0.717, 1.165) is 12.0 Å². The topological polar surface area (TPSA) is 75.3 Å². The van der Waals surface area contributed by atoms with Crippen LogP contribution in [0.3, 0.4) is 0 Å². The standard InChI is InChI=1S/C20H26N2O3S/c1-15-5-4-6-18(14-15)9-11-21-20(23)10-12-22-26(24,25)19-8-7-16(2)13-17(19)3/h4-8,13-14,22H,9-12H2,1-3H3,(H,21,23). The molecule has 0 fully saturated rings. The lowest BCUT2D eigenvalue weighted by molar-refractivity contribution is -0.120. The van der Waals surface area contributed by atoms with Crippen LogP contribution in [0.4, 0.5) is 0 Å². The Bertz CT molecular complexity index is 876. The fourth-order valence-corrected chi connectivity index (χ4v) is 4.04. The van der Waals surface area contributed by atoms with Gasteiger partial charge in [0, 0.05) is 19.5 Å². The Balaban J connectivity index is 1.77. The lowest BCUT2D eigenvalue weighted by Gasteiger charge is -2.10. The molecular formula is C20H26N2O3S. The van der Waals surface area contributed by atoms with Crippen LogP contribution in [0.1, 0.15) is 28.7 Å². The van der Waals surface area contributed by atoms with Crippen LogP contribution >= 0.6 is 0 Å². The van der Waals surface area contributed by atoms with Gasteiger partial charge in [0.15, 0.2) is 0 Å². The van der Waals surface area contributed by atoms with E-state index in [-0.39, 0.29) is 23.8 Å². The van der Waals surface area contributed by atoms with E-state index >= 15 is 0 Å². The fourth-order valence-electron chi connectivity index (χ4n) is 2.78. The number of sulfonamides is 1. The van der Waals surface area contributed by atoms with Crippen LogP contribution in [-0.4, -0.2) is 27.4 Å². The Morgan fingerprint density at radius 3 is 2.38 bits per heavy atom. The average molecular weight is 375 g/mol. The molecule has 2 N–H and O–H groups in total. The second kappa shape index (κ2) is 8.96. The summed E-state index contributed by atoms with van der Waals surface area (Å²) in [7, 11) is -3.60. The summed E-state index contributed by atoms with van der Waals surface area (Å²) in [5.41, 5.74) is 4.06. The van der Waals surface area contributed by atoms with Gasteiger partial charge in [-0.1, -0.05) is 47.5 Å². The molecule has 0 radical (unpaired) electrons. The zero-order chi connectivity index (χ0) is 19.2. The van der Waals surface area contributed by atoms with Gasteiger partial charge >= 0.3 is 0 Å².